The summed E-state index contributed by atoms with van der Waals surface area (Å²) in [6.45, 7) is 0. The minimum atomic E-state index is -4.13. The summed E-state index contributed by atoms with van der Waals surface area (Å²) in [6, 6.07) is 12.9. The van der Waals surface area contributed by atoms with Crippen LogP contribution < -0.4 is 5.32 Å². The Hall–Kier alpha value is -1.34. The number of hydrogen-bond donors (Lipinski definition) is 1. The quantitative estimate of drug-likeness (QED) is 0.476. The minimum Gasteiger partial charge on any atom is -0.337 e. The van der Waals surface area contributed by atoms with Gasteiger partial charge in [-0.05, 0) is 24.3 Å². The Morgan fingerprint density at radius 3 is 2.13 bits per heavy atom. The summed E-state index contributed by atoms with van der Waals surface area (Å²) in [5.41, 5.74) is -0.0687. The van der Waals surface area contributed by atoms with E-state index in [1.165, 1.54) is 48.5 Å². The van der Waals surface area contributed by atoms with Gasteiger partial charge in [0.1, 0.15) is 5.82 Å². The molecule has 23 heavy (non-hydrogen) atoms. The maximum Gasteiger partial charge on any atom is 0.284 e. The lowest BCUT2D eigenvalue weighted by Crippen LogP contribution is -2.29. The average molecular weight is 396 g/mol. The Labute approximate surface area is 147 Å². The maximum atomic E-state index is 13.7. The van der Waals surface area contributed by atoms with Crippen LogP contribution in [-0.4, -0.2) is 18.0 Å². The molecule has 4 nitrogen and oxygen atoms in total. The molecule has 0 saturated carbocycles. The number of hydrogen-bond acceptors (Lipinski definition) is 2. The molecule has 2 aromatic rings. The van der Waals surface area contributed by atoms with Gasteiger partial charge in [0.15, 0.2) is 5.84 Å². The number of anilines is 1. The topological polar surface area (TPSA) is 58.5 Å². The number of nitrogens with one attached hydrogen (secondary N) is 1. The van der Waals surface area contributed by atoms with Crippen LogP contribution in [0.4, 0.5) is 10.1 Å². The highest BCUT2D eigenvalue weighted by Gasteiger charge is 2.31. The zero-order valence-corrected chi connectivity index (χ0v) is 14.5. The summed E-state index contributed by atoms with van der Waals surface area (Å²) in [6.07, 6.45) is 0. The van der Waals surface area contributed by atoms with Crippen LogP contribution in [0.1, 0.15) is 0 Å². The van der Waals surface area contributed by atoms with Crippen molar-refractivity contribution in [3.05, 3.63) is 60.4 Å². The summed E-state index contributed by atoms with van der Waals surface area (Å²) < 4.78 is 39.5. The number of benzene rings is 2. The lowest BCUT2D eigenvalue weighted by atomic mass is 10.3. The van der Waals surface area contributed by atoms with Crippen LogP contribution in [0.25, 0.3) is 0 Å². The summed E-state index contributed by atoms with van der Waals surface area (Å²) in [4.78, 5) is -0.0814. The predicted molar refractivity (Wildman–Crippen MR) is 91.4 cm³/mol. The molecule has 0 bridgehead atoms. The van der Waals surface area contributed by atoms with E-state index in [4.69, 9.17) is 34.8 Å². The van der Waals surface area contributed by atoms with Crippen molar-refractivity contribution in [2.24, 2.45) is 4.40 Å². The van der Waals surface area contributed by atoms with Gasteiger partial charge in [-0.3, -0.25) is 0 Å². The van der Waals surface area contributed by atoms with E-state index in [-0.39, 0.29) is 10.6 Å². The van der Waals surface area contributed by atoms with E-state index in [9.17, 15) is 12.8 Å². The normalized spacial score (nSPS) is 13.0. The van der Waals surface area contributed by atoms with Gasteiger partial charge in [0.05, 0.1) is 10.6 Å². The van der Waals surface area contributed by atoms with Crippen LogP contribution >= 0.6 is 34.8 Å². The fraction of sp³-hybridized carbons (Fsp3) is 0.0714. The number of nitrogens with zero attached hydrogens (tertiary/aromatic N) is 1. The molecule has 0 spiro atoms. The van der Waals surface area contributed by atoms with Crippen LogP contribution in [0.5, 0.6) is 0 Å². The second kappa shape index (κ2) is 7.05. The van der Waals surface area contributed by atoms with Crippen molar-refractivity contribution >= 4 is 56.3 Å². The van der Waals surface area contributed by atoms with Gasteiger partial charge >= 0.3 is 0 Å². The molecule has 122 valence electrons. The zero-order chi connectivity index (χ0) is 17.1. The zero-order valence-electron chi connectivity index (χ0n) is 11.4. The molecule has 0 heterocycles. The van der Waals surface area contributed by atoms with Gasteiger partial charge in [0.25, 0.3) is 10.0 Å². The first-order valence-corrected chi connectivity index (χ1v) is 8.76. The number of amidine groups is 1. The van der Waals surface area contributed by atoms with Crippen molar-refractivity contribution in [1.82, 2.24) is 0 Å². The van der Waals surface area contributed by atoms with Crippen molar-refractivity contribution in [2.75, 3.05) is 5.32 Å². The molecule has 0 aliphatic heterocycles. The second-order valence-electron chi connectivity index (χ2n) is 4.33. The van der Waals surface area contributed by atoms with E-state index < -0.39 is 25.5 Å². The largest absolute Gasteiger partial charge is 0.337 e. The Bertz CT molecular complexity index is 821. The van der Waals surface area contributed by atoms with E-state index in [0.29, 0.717) is 0 Å². The lowest BCUT2D eigenvalue weighted by molar-refractivity contribution is 0.598. The molecule has 9 heteroatoms. The smallest absolute Gasteiger partial charge is 0.284 e. The molecule has 0 amide bonds. The fourth-order valence-corrected chi connectivity index (χ4v) is 3.05. The van der Waals surface area contributed by atoms with E-state index in [2.05, 4.69) is 9.71 Å². The molecular formula is C14H10Cl3FN2O2S. The van der Waals surface area contributed by atoms with E-state index >= 15 is 0 Å². The third-order valence-corrected chi connectivity index (χ3v) is 4.48. The van der Waals surface area contributed by atoms with Crippen molar-refractivity contribution in [3.8, 4) is 0 Å². The van der Waals surface area contributed by atoms with Gasteiger partial charge in [-0.1, -0.05) is 65.1 Å². The SMILES string of the molecule is O=S(=O)(/N=C(/Nc1ccccc1F)C(Cl)(Cl)Cl)c1ccccc1. The third-order valence-electron chi connectivity index (χ3n) is 2.65. The highest BCUT2D eigenvalue weighted by Crippen LogP contribution is 2.30. The predicted octanol–water partition coefficient (Wildman–Crippen LogP) is 4.40. The van der Waals surface area contributed by atoms with Crippen LogP contribution in [0, 0.1) is 5.82 Å². The van der Waals surface area contributed by atoms with Crippen LogP contribution in [-0.2, 0) is 10.0 Å². The first kappa shape index (κ1) is 18.0. The number of sulfonamides is 1. The molecular weight excluding hydrogens is 386 g/mol. The Balaban J connectivity index is 2.46. The van der Waals surface area contributed by atoms with Gasteiger partial charge < -0.3 is 5.32 Å². The number of rotatable bonds is 3. The van der Waals surface area contributed by atoms with E-state index in [1.54, 1.807) is 6.07 Å². The second-order valence-corrected chi connectivity index (χ2v) is 8.22. The van der Waals surface area contributed by atoms with Gasteiger partial charge in [-0.25, -0.2) is 4.39 Å². The Kier molecular flexibility index (Phi) is 5.52. The molecule has 2 aromatic carbocycles. The van der Waals surface area contributed by atoms with Crippen molar-refractivity contribution in [3.63, 3.8) is 0 Å². The molecule has 0 unspecified atom stereocenters. The Morgan fingerprint density at radius 1 is 1.00 bits per heavy atom. The van der Waals surface area contributed by atoms with Crippen LogP contribution in [0.15, 0.2) is 63.9 Å². The highest BCUT2D eigenvalue weighted by molar-refractivity contribution is 7.90. The Morgan fingerprint density at radius 2 is 1.57 bits per heavy atom. The molecule has 0 aromatic heterocycles. The van der Waals surface area contributed by atoms with Gasteiger partial charge in [0.2, 0.25) is 3.79 Å². The molecule has 0 fully saturated rings. The lowest BCUT2D eigenvalue weighted by Gasteiger charge is -2.17. The molecule has 0 aliphatic rings. The molecule has 1 N–H and O–H groups in total. The summed E-state index contributed by atoms with van der Waals surface area (Å²) in [5.74, 6) is -1.18. The first-order chi connectivity index (χ1) is 10.7. The third kappa shape index (κ3) is 4.81. The van der Waals surface area contributed by atoms with Crippen molar-refractivity contribution in [1.29, 1.82) is 0 Å². The van der Waals surface area contributed by atoms with Crippen molar-refractivity contribution in [2.45, 2.75) is 8.69 Å². The van der Waals surface area contributed by atoms with Crippen LogP contribution in [0.2, 0.25) is 0 Å². The van der Waals surface area contributed by atoms with Gasteiger partial charge in [0, 0.05) is 0 Å². The van der Waals surface area contributed by atoms with E-state index in [1.807, 2.05) is 0 Å². The van der Waals surface area contributed by atoms with Crippen LogP contribution in [0.3, 0.4) is 0 Å². The summed E-state index contributed by atoms with van der Waals surface area (Å²) in [5, 5.41) is 2.41. The minimum absolute atomic E-state index is 0.0687. The van der Waals surface area contributed by atoms with Gasteiger partial charge in [-0.2, -0.15) is 8.42 Å². The first-order valence-electron chi connectivity index (χ1n) is 6.19. The van der Waals surface area contributed by atoms with Gasteiger partial charge in [-0.15, -0.1) is 4.40 Å². The molecule has 0 saturated heterocycles. The molecule has 0 aliphatic carbocycles. The summed E-state index contributed by atoms with van der Waals surface area (Å²) >= 11 is 17.2. The number of alkyl halides is 3. The monoisotopic (exact) mass is 394 g/mol. The molecule has 0 atom stereocenters. The highest BCUT2D eigenvalue weighted by atomic mass is 35.6. The maximum absolute atomic E-state index is 13.7. The van der Waals surface area contributed by atoms with E-state index in [0.717, 1.165) is 0 Å². The number of halogens is 4. The number of para-hydroxylation sites is 1. The molecule has 2 rings (SSSR count). The molecule has 0 radical (unpaired) electrons. The van der Waals surface area contributed by atoms with Crippen molar-refractivity contribution < 1.29 is 12.8 Å². The standard InChI is InChI=1S/C14H10Cl3FN2O2S/c15-14(16,17)13(19-12-9-5-4-8-11(12)18)20-23(21,22)10-6-2-1-3-7-10/h1-9H,(H,19,20). The summed E-state index contributed by atoms with van der Waals surface area (Å²) in [7, 11) is -4.13. The average Bonchev–Trinajstić information content (AvgIpc) is 2.48. The fourth-order valence-electron chi connectivity index (χ4n) is 1.60.